The molecular formula is C10H14BrNO2. The van der Waals surface area contributed by atoms with Crippen LogP contribution in [0, 0.1) is 6.92 Å². The van der Waals surface area contributed by atoms with Crippen LogP contribution in [0.3, 0.4) is 0 Å². The van der Waals surface area contributed by atoms with Crippen molar-refractivity contribution >= 4 is 27.6 Å². The van der Waals surface area contributed by atoms with E-state index in [0.29, 0.717) is 5.69 Å². The molecule has 78 valence electrons. The predicted molar refractivity (Wildman–Crippen MR) is 61.6 cm³/mol. The Kier molecular flexibility index (Phi) is 5.23. The molecule has 1 aromatic rings. The third-order valence-electron chi connectivity index (χ3n) is 1.58. The van der Waals surface area contributed by atoms with Crippen LogP contribution in [0.15, 0.2) is 16.6 Å². The van der Waals surface area contributed by atoms with E-state index in [1.54, 1.807) is 13.0 Å². The van der Waals surface area contributed by atoms with E-state index in [1.165, 1.54) is 6.07 Å². The molecule has 0 aliphatic heterocycles. The van der Waals surface area contributed by atoms with E-state index in [9.17, 15) is 4.79 Å². The number of rotatable bonds is 1. The molecule has 0 unspecified atom stereocenters. The molecule has 0 aromatic heterocycles. The molecule has 0 saturated heterocycles. The van der Waals surface area contributed by atoms with E-state index in [0.717, 1.165) is 10.0 Å². The number of halogens is 1. The number of hydrogen-bond donors (Lipinski definition) is 2. The summed E-state index contributed by atoms with van der Waals surface area (Å²) in [7, 11) is 0. The molecule has 0 saturated carbocycles. The fraction of sp³-hybridized carbons (Fsp3) is 0.300. The van der Waals surface area contributed by atoms with Crippen LogP contribution in [0.1, 0.15) is 29.8 Å². The summed E-state index contributed by atoms with van der Waals surface area (Å²) in [6.07, 6.45) is 0. The van der Waals surface area contributed by atoms with Gasteiger partial charge in [0.25, 0.3) is 0 Å². The first-order chi connectivity index (χ1) is 6.52. The molecule has 1 rings (SSSR count). The van der Waals surface area contributed by atoms with Gasteiger partial charge in [-0.2, -0.15) is 0 Å². The van der Waals surface area contributed by atoms with E-state index < -0.39 is 5.97 Å². The fourth-order valence-electron chi connectivity index (χ4n) is 0.931. The minimum absolute atomic E-state index is 0.141. The Bertz CT molecular complexity index is 337. The molecule has 0 radical (unpaired) electrons. The van der Waals surface area contributed by atoms with Gasteiger partial charge in [0.1, 0.15) is 0 Å². The third-order valence-corrected chi connectivity index (χ3v) is 2.04. The lowest BCUT2D eigenvalue weighted by Crippen LogP contribution is -2.03. The summed E-state index contributed by atoms with van der Waals surface area (Å²) >= 11 is 3.20. The standard InChI is InChI=1S/C8H8BrNO2.C2H6/c1-4-2-5(9)3-6(7(4)10)8(11)12;1-2/h2-3H,10H2,1H3,(H,11,12);1-2H3. The van der Waals surface area contributed by atoms with Gasteiger partial charge in [-0.05, 0) is 24.6 Å². The van der Waals surface area contributed by atoms with Crippen molar-refractivity contribution in [2.45, 2.75) is 20.8 Å². The van der Waals surface area contributed by atoms with Crippen LogP contribution in [-0.2, 0) is 0 Å². The maximum Gasteiger partial charge on any atom is 0.337 e. The summed E-state index contributed by atoms with van der Waals surface area (Å²) in [6.45, 7) is 5.77. The van der Waals surface area contributed by atoms with Crippen LogP contribution in [0.2, 0.25) is 0 Å². The topological polar surface area (TPSA) is 63.3 Å². The number of carboxylic acids is 1. The average Bonchev–Trinajstić information content (AvgIpc) is 2.14. The average molecular weight is 260 g/mol. The van der Waals surface area contributed by atoms with Crippen LogP contribution in [0.25, 0.3) is 0 Å². The summed E-state index contributed by atoms with van der Waals surface area (Å²) in [4.78, 5) is 10.6. The van der Waals surface area contributed by atoms with E-state index >= 15 is 0 Å². The zero-order valence-corrected chi connectivity index (χ0v) is 10.1. The van der Waals surface area contributed by atoms with E-state index in [1.807, 2.05) is 13.8 Å². The molecular weight excluding hydrogens is 246 g/mol. The summed E-state index contributed by atoms with van der Waals surface area (Å²) in [6, 6.07) is 3.27. The molecule has 0 heterocycles. The first-order valence-corrected chi connectivity index (χ1v) is 5.10. The molecule has 0 atom stereocenters. The molecule has 1 aromatic carbocycles. The van der Waals surface area contributed by atoms with Crippen molar-refractivity contribution < 1.29 is 9.90 Å². The molecule has 3 N–H and O–H groups in total. The Hall–Kier alpha value is -1.03. The molecule has 0 aliphatic carbocycles. The van der Waals surface area contributed by atoms with Crippen molar-refractivity contribution in [1.82, 2.24) is 0 Å². The molecule has 0 fully saturated rings. The maximum absolute atomic E-state index is 10.6. The first kappa shape index (κ1) is 13.0. The van der Waals surface area contributed by atoms with Crippen molar-refractivity contribution in [3.63, 3.8) is 0 Å². The van der Waals surface area contributed by atoms with Gasteiger partial charge >= 0.3 is 5.97 Å². The van der Waals surface area contributed by atoms with E-state index in [2.05, 4.69) is 15.9 Å². The van der Waals surface area contributed by atoms with Gasteiger partial charge in [-0.25, -0.2) is 4.79 Å². The normalized spacial score (nSPS) is 8.86. The van der Waals surface area contributed by atoms with Gasteiger partial charge in [0.05, 0.1) is 5.56 Å². The quantitative estimate of drug-likeness (QED) is 0.763. The maximum atomic E-state index is 10.6. The number of carboxylic acid groups (broad SMARTS) is 1. The van der Waals surface area contributed by atoms with Gasteiger partial charge in [0.15, 0.2) is 0 Å². The SMILES string of the molecule is CC.Cc1cc(Br)cc(C(=O)O)c1N. The van der Waals surface area contributed by atoms with Crippen molar-refractivity contribution in [1.29, 1.82) is 0 Å². The van der Waals surface area contributed by atoms with E-state index in [4.69, 9.17) is 10.8 Å². The van der Waals surface area contributed by atoms with Crippen LogP contribution < -0.4 is 5.73 Å². The second-order valence-electron chi connectivity index (χ2n) is 2.49. The molecule has 14 heavy (non-hydrogen) atoms. The number of anilines is 1. The largest absolute Gasteiger partial charge is 0.478 e. The lowest BCUT2D eigenvalue weighted by atomic mass is 10.1. The van der Waals surface area contributed by atoms with Gasteiger partial charge < -0.3 is 10.8 Å². The van der Waals surface area contributed by atoms with Gasteiger partial charge in [-0.1, -0.05) is 29.8 Å². The summed E-state index contributed by atoms with van der Waals surface area (Å²) in [5.41, 5.74) is 6.78. The molecule has 0 spiro atoms. The van der Waals surface area contributed by atoms with Crippen LogP contribution in [0.5, 0.6) is 0 Å². The summed E-state index contributed by atoms with van der Waals surface area (Å²) in [5.74, 6) is -1.00. The minimum atomic E-state index is -1.00. The molecule has 0 bridgehead atoms. The minimum Gasteiger partial charge on any atom is -0.478 e. The number of nitrogens with two attached hydrogens (primary N) is 1. The van der Waals surface area contributed by atoms with Crippen molar-refractivity contribution in [3.8, 4) is 0 Å². The van der Waals surface area contributed by atoms with Crippen molar-refractivity contribution in [3.05, 3.63) is 27.7 Å². The number of nitrogen functional groups attached to an aromatic ring is 1. The van der Waals surface area contributed by atoms with Crippen LogP contribution >= 0.6 is 15.9 Å². The zero-order valence-electron chi connectivity index (χ0n) is 8.47. The van der Waals surface area contributed by atoms with Gasteiger partial charge in [-0.15, -0.1) is 0 Å². The number of aromatic carboxylic acids is 1. The van der Waals surface area contributed by atoms with Gasteiger partial charge in [0.2, 0.25) is 0 Å². The third kappa shape index (κ3) is 3.03. The van der Waals surface area contributed by atoms with Crippen molar-refractivity contribution in [2.75, 3.05) is 5.73 Å². The molecule has 0 amide bonds. The highest BCUT2D eigenvalue weighted by Gasteiger charge is 2.10. The zero-order chi connectivity index (χ0) is 11.3. The Morgan fingerprint density at radius 2 is 1.93 bits per heavy atom. The van der Waals surface area contributed by atoms with Crippen molar-refractivity contribution in [2.24, 2.45) is 0 Å². The highest BCUT2D eigenvalue weighted by atomic mass is 79.9. The Morgan fingerprint density at radius 3 is 2.36 bits per heavy atom. The Labute approximate surface area is 92.1 Å². The molecule has 0 aliphatic rings. The highest BCUT2D eigenvalue weighted by molar-refractivity contribution is 9.10. The Morgan fingerprint density at radius 1 is 1.43 bits per heavy atom. The smallest absolute Gasteiger partial charge is 0.337 e. The fourth-order valence-corrected chi connectivity index (χ4v) is 1.50. The summed E-state index contributed by atoms with van der Waals surface area (Å²) < 4.78 is 0.728. The van der Waals surface area contributed by atoms with Gasteiger partial charge in [0, 0.05) is 10.2 Å². The number of hydrogen-bond acceptors (Lipinski definition) is 2. The number of aryl methyl sites for hydroxylation is 1. The summed E-state index contributed by atoms with van der Waals surface area (Å²) in [5, 5.41) is 8.71. The van der Waals surface area contributed by atoms with Crippen LogP contribution in [0.4, 0.5) is 5.69 Å². The molecule has 4 heteroatoms. The highest BCUT2D eigenvalue weighted by Crippen LogP contribution is 2.22. The second-order valence-corrected chi connectivity index (χ2v) is 3.40. The monoisotopic (exact) mass is 259 g/mol. The number of carbonyl (C=O) groups is 1. The number of benzene rings is 1. The van der Waals surface area contributed by atoms with E-state index in [-0.39, 0.29) is 5.56 Å². The molecule has 3 nitrogen and oxygen atoms in total. The first-order valence-electron chi connectivity index (χ1n) is 4.31. The lowest BCUT2D eigenvalue weighted by molar-refractivity contribution is 0.0698. The lowest BCUT2D eigenvalue weighted by Gasteiger charge is -2.04. The Balaban J connectivity index is 0.000000791. The predicted octanol–water partition coefficient (Wildman–Crippen LogP) is 3.06. The second kappa shape index (κ2) is 5.65. The van der Waals surface area contributed by atoms with Crippen LogP contribution in [-0.4, -0.2) is 11.1 Å². The van der Waals surface area contributed by atoms with Gasteiger partial charge in [-0.3, -0.25) is 0 Å².